The smallest absolute Gasteiger partial charge is 0.408 e. The molecule has 17 nitrogen and oxygen atoms in total. The summed E-state index contributed by atoms with van der Waals surface area (Å²) >= 11 is 0. The zero-order valence-electron chi connectivity index (χ0n) is 47.2. The highest BCUT2D eigenvalue weighted by Crippen LogP contribution is 2.30. The van der Waals surface area contributed by atoms with E-state index in [9.17, 15) is 38.4 Å². The van der Waals surface area contributed by atoms with Crippen molar-refractivity contribution in [3.8, 4) is 11.1 Å². The molecule has 5 aromatic rings. The molecular formula is C61H80N8O9. The standard InChI is InChI=1S/C61H80N8O9/c1-38(64-56(75)49(28-30-52(71)68-59(3,4)5)66-51(70)29-23-40-17-13-12-14-18-40)31-53(72)62-36-45-21-15-19-41-24-26-43(33-47(41)45)44-27-25-42-20-16-22-46(48(42)34-44)37-63-54(73)32-39(2)65-57(76)50(35-55(74)69-60(6,7)8)67-58(77)78-61(9,10)11/h12-22,24-27,33-34,38-39,49-50H,23,28-32,35-37H2,1-11H3,(H,62,72)(H,63,73)(H,64,75)(H,65,76)(H,66,70)(H,67,77)(H,68,71)(H,69,74)/t38-,39-,49-,50-/m0/s1. The van der Waals surface area contributed by atoms with Gasteiger partial charge in [0.2, 0.25) is 41.4 Å². The number of benzene rings is 5. The van der Waals surface area contributed by atoms with Gasteiger partial charge in [-0.15, -0.1) is 0 Å². The molecule has 0 heterocycles. The van der Waals surface area contributed by atoms with Crippen LogP contribution in [0.5, 0.6) is 0 Å². The van der Waals surface area contributed by atoms with Gasteiger partial charge in [0.05, 0.1) is 6.42 Å². The first kappa shape index (κ1) is 61.0. The largest absolute Gasteiger partial charge is 0.444 e. The van der Waals surface area contributed by atoms with Crippen molar-refractivity contribution in [3.05, 3.63) is 120 Å². The van der Waals surface area contributed by atoms with E-state index in [4.69, 9.17) is 4.74 Å². The van der Waals surface area contributed by atoms with Crippen molar-refractivity contribution in [3.63, 3.8) is 0 Å². The van der Waals surface area contributed by atoms with Crippen molar-refractivity contribution in [2.24, 2.45) is 0 Å². The highest BCUT2D eigenvalue weighted by atomic mass is 16.6. The van der Waals surface area contributed by atoms with E-state index >= 15 is 0 Å². The maximum Gasteiger partial charge on any atom is 0.408 e. The minimum atomic E-state index is -1.25. The lowest BCUT2D eigenvalue weighted by atomic mass is 9.95. The Kier molecular flexibility index (Phi) is 21.5. The van der Waals surface area contributed by atoms with Gasteiger partial charge in [0.1, 0.15) is 17.7 Å². The van der Waals surface area contributed by atoms with Crippen LogP contribution in [0, 0.1) is 0 Å². The second-order valence-corrected chi connectivity index (χ2v) is 23.1. The van der Waals surface area contributed by atoms with Crippen molar-refractivity contribution in [1.29, 1.82) is 0 Å². The summed E-state index contributed by atoms with van der Waals surface area (Å²) in [5.74, 6) is -2.70. The Hall–Kier alpha value is -7.82. The molecule has 0 radical (unpaired) electrons. The van der Waals surface area contributed by atoms with Crippen LogP contribution in [-0.2, 0) is 57.8 Å². The normalized spacial score (nSPS) is 13.2. The number of amides is 8. The van der Waals surface area contributed by atoms with Crippen molar-refractivity contribution in [2.45, 2.75) is 175 Å². The van der Waals surface area contributed by atoms with E-state index < -0.39 is 64.7 Å². The summed E-state index contributed by atoms with van der Waals surface area (Å²) in [5.41, 5.74) is 2.78. The minimum Gasteiger partial charge on any atom is -0.444 e. The third kappa shape index (κ3) is 21.0. The lowest BCUT2D eigenvalue weighted by Gasteiger charge is -2.26. The molecule has 418 valence electrons. The number of fused-ring (bicyclic) bond motifs is 2. The van der Waals surface area contributed by atoms with Gasteiger partial charge in [-0.25, -0.2) is 4.79 Å². The molecule has 0 saturated heterocycles. The zero-order valence-corrected chi connectivity index (χ0v) is 47.2. The molecule has 0 fully saturated rings. The minimum absolute atomic E-state index is 0.0216. The monoisotopic (exact) mass is 1070 g/mol. The van der Waals surface area contributed by atoms with Crippen LogP contribution in [0.3, 0.4) is 0 Å². The number of nitrogens with one attached hydrogen (secondary N) is 8. The topological polar surface area (TPSA) is 242 Å². The number of hydrogen-bond acceptors (Lipinski definition) is 9. The molecule has 8 N–H and O–H groups in total. The van der Waals surface area contributed by atoms with Gasteiger partial charge < -0.3 is 47.3 Å². The predicted molar refractivity (Wildman–Crippen MR) is 305 cm³/mol. The summed E-state index contributed by atoms with van der Waals surface area (Å²) in [7, 11) is 0. The number of aryl methyl sites for hydroxylation is 1. The van der Waals surface area contributed by atoms with Crippen LogP contribution in [0.25, 0.3) is 32.7 Å². The third-order valence-corrected chi connectivity index (χ3v) is 12.2. The SMILES string of the molecule is C[C@@H](CC(=O)NCc1cccc2ccc(-c3ccc4cccc(CNC(=O)C[C@H](C)NC(=O)[C@H](CC(=O)NC(C)(C)C)NC(=O)OC(C)(C)C)c4c3)cc12)NC(=O)[C@H](CCC(=O)NC(C)(C)C)NC(=O)CCc1ccccc1. The van der Waals surface area contributed by atoms with Crippen LogP contribution in [0.15, 0.2) is 103 Å². The molecule has 0 aliphatic heterocycles. The Morgan fingerprint density at radius 2 is 0.962 bits per heavy atom. The molecule has 17 heteroatoms. The first-order valence-electron chi connectivity index (χ1n) is 26.7. The summed E-state index contributed by atoms with van der Waals surface area (Å²) in [6.45, 7) is 19.9. The Bertz CT molecular complexity index is 2910. The third-order valence-electron chi connectivity index (χ3n) is 12.2. The van der Waals surface area contributed by atoms with Gasteiger partial charge in [-0.2, -0.15) is 0 Å². The van der Waals surface area contributed by atoms with Crippen LogP contribution < -0.4 is 42.5 Å². The highest BCUT2D eigenvalue weighted by molar-refractivity contribution is 5.95. The number of hydrogen-bond donors (Lipinski definition) is 8. The molecule has 0 bridgehead atoms. The van der Waals surface area contributed by atoms with Crippen LogP contribution in [0.4, 0.5) is 4.79 Å². The number of alkyl carbamates (subject to hydrolysis) is 1. The van der Waals surface area contributed by atoms with E-state index in [-0.39, 0.29) is 75.2 Å². The maximum absolute atomic E-state index is 13.6. The lowest BCUT2D eigenvalue weighted by Crippen LogP contribution is -2.53. The average Bonchev–Trinajstić information content (AvgIpc) is 3.34. The van der Waals surface area contributed by atoms with Crippen LogP contribution >= 0.6 is 0 Å². The van der Waals surface area contributed by atoms with E-state index in [1.165, 1.54) is 0 Å². The molecule has 78 heavy (non-hydrogen) atoms. The fraction of sp³-hybridized carbons (Fsp3) is 0.443. The average molecular weight is 1070 g/mol. The van der Waals surface area contributed by atoms with Gasteiger partial charge in [0, 0.05) is 61.9 Å². The van der Waals surface area contributed by atoms with Crippen molar-refractivity contribution < 1.29 is 43.1 Å². The number of carbonyl (C=O) groups excluding carboxylic acids is 8. The van der Waals surface area contributed by atoms with Gasteiger partial charge in [-0.3, -0.25) is 33.6 Å². The summed E-state index contributed by atoms with van der Waals surface area (Å²) in [5, 5.41) is 26.5. The van der Waals surface area contributed by atoms with E-state index in [1.54, 1.807) is 55.4 Å². The van der Waals surface area contributed by atoms with Crippen molar-refractivity contribution >= 4 is 69.0 Å². The number of ether oxygens (including phenoxy) is 1. The maximum atomic E-state index is 13.6. The molecule has 0 aromatic heterocycles. The fourth-order valence-electron chi connectivity index (χ4n) is 8.73. The lowest BCUT2D eigenvalue weighted by molar-refractivity contribution is -0.130. The second kappa shape index (κ2) is 27.5. The Balaban J connectivity index is 1.19. The zero-order chi connectivity index (χ0) is 57.4. The highest BCUT2D eigenvalue weighted by Gasteiger charge is 2.30. The molecule has 4 atom stereocenters. The first-order valence-corrected chi connectivity index (χ1v) is 26.7. The molecular weight excluding hydrogens is 989 g/mol. The summed E-state index contributed by atoms with van der Waals surface area (Å²) in [4.78, 5) is 105. The predicted octanol–water partition coefficient (Wildman–Crippen LogP) is 7.69. The molecule has 8 amide bonds. The molecule has 0 aliphatic rings. The molecule has 5 rings (SSSR count). The first-order chi connectivity index (χ1) is 36.6. The second-order valence-electron chi connectivity index (χ2n) is 23.1. The van der Waals surface area contributed by atoms with Gasteiger partial charge in [-0.1, -0.05) is 91.0 Å². The summed E-state index contributed by atoms with van der Waals surface area (Å²) < 4.78 is 5.34. The van der Waals surface area contributed by atoms with E-state index in [0.29, 0.717) is 6.42 Å². The molecule has 0 unspecified atom stereocenters. The Morgan fingerprint density at radius 3 is 1.45 bits per heavy atom. The van der Waals surface area contributed by atoms with Crippen molar-refractivity contribution in [2.75, 3.05) is 0 Å². The summed E-state index contributed by atoms with van der Waals surface area (Å²) in [6.07, 6.45) is -0.512. The van der Waals surface area contributed by atoms with E-state index in [1.807, 2.05) is 112 Å². The van der Waals surface area contributed by atoms with Crippen molar-refractivity contribution in [1.82, 2.24) is 42.5 Å². The molecule has 0 aliphatic carbocycles. The van der Waals surface area contributed by atoms with E-state index in [0.717, 1.165) is 49.4 Å². The molecule has 5 aromatic carbocycles. The van der Waals surface area contributed by atoms with Gasteiger partial charge >= 0.3 is 6.09 Å². The molecule has 0 spiro atoms. The Morgan fingerprint density at radius 1 is 0.474 bits per heavy atom. The van der Waals surface area contributed by atoms with Gasteiger partial charge in [-0.05, 0) is 150 Å². The van der Waals surface area contributed by atoms with Crippen LogP contribution in [-0.4, -0.2) is 88.3 Å². The number of rotatable bonds is 23. The fourth-order valence-corrected chi connectivity index (χ4v) is 8.73. The summed E-state index contributed by atoms with van der Waals surface area (Å²) in [6, 6.07) is 30.2. The van der Waals surface area contributed by atoms with Crippen LogP contribution in [0.2, 0.25) is 0 Å². The van der Waals surface area contributed by atoms with E-state index in [2.05, 4.69) is 54.7 Å². The Labute approximate surface area is 458 Å². The van der Waals surface area contributed by atoms with Gasteiger partial charge in [0.25, 0.3) is 0 Å². The number of carbonyl (C=O) groups is 8. The van der Waals surface area contributed by atoms with Crippen LogP contribution in [0.1, 0.15) is 131 Å². The van der Waals surface area contributed by atoms with Gasteiger partial charge in [0.15, 0.2) is 0 Å². The quantitative estimate of drug-likeness (QED) is 0.0319. The molecule has 0 saturated carbocycles.